The Balaban J connectivity index is 1.46. The van der Waals surface area contributed by atoms with E-state index in [1.54, 1.807) is 23.1 Å². The SMILES string of the molecule is CC[C@H](C)N(CCc1nc(-c2ccc3c(c2)OCO3)no1)C(=O)c1ccc(C(F)(F)F)cc1. The van der Waals surface area contributed by atoms with Gasteiger partial charge in [-0.2, -0.15) is 18.2 Å². The van der Waals surface area contributed by atoms with Crippen LogP contribution in [-0.2, 0) is 12.6 Å². The highest BCUT2D eigenvalue weighted by Gasteiger charge is 2.31. The van der Waals surface area contributed by atoms with Crippen LogP contribution >= 0.6 is 0 Å². The van der Waals surface area contributed by atoms with Crippen LogP contribution in [-0.4, -0.2) is 40.3 Å². The molecule has 2 aromatic carbocycles. The summed E-state index contributed by atoms with van der Waals surface area (Å²) < 4.78 is 54.5. The van der Waals surface area contributed by atoms with Crippen molar-refractivity contribution in [3.05, 3.63) is 59.5 Å². The molecule has 0 unspecified atom stereocenters. The standard InChI is InChI=1S/C23H22F3N3O4/c1-3-14(2)29(22(30)15-4-7-17(8-5-15)23(24,25)26)11-10-20-27-21(28-33-20)16-6-9-18-19(12-16)32-13-31-18/h4-9,12,14H,3,10-11,13H2,1-2H3/t14-/m0/s1. The van der Waals surface area contributed by atoms with Crippen molar-refractivity contribution in [1.29, 1.82) is 0 Å². The second-order valence-electron chi connectivity index (χ2n) is 7.66. The molecule has 0 N–H and O–H groups in total. The molecule has 7 nitrogen and oxygen atoms in total. The van der Waals surface area contributed by atoms with Gasteiger partial charge in [0.2, 0.25) is 18.5 Å². The minimum absolute atomic E-state index is 0.129. The number of halogens is 3. The van der Waals surface area contributed by atoms with E-state index in [-0.39, 0.29) is 30.9 Å². The summed E-state index contributed by atoms with van der Waals surface area (Å²) in [6.45, 7) is 4.25. The van der Waals surface area contributed by atoms with Crippen molar-refractivity contribution < 1.29 is 32.0 Å². The number of fused-ring (bicyclic) bond motifs is 1. The number of hydrogen-bond acceptors (Lipinski definition) is 6. The Labute approximate surface area is 188 Å². The van der Waals surface area contributed by atoms with Gasteiger partial charge < -0.3 is 18.9 Å². The quantitative estimate of drug-likeness (QED) is 0.495. The fourth-order valence-electron chi connectivity index (χ4n) is 3.44. The van der Waals surface area contributed by atoms with Gasteiger partial charge in [-0.25, -0.2) is 0 Å². The number of ether oxygens (including phenoxy) is 2. The fraction of sp³-hybridized carbons (Fsp3) is 0.348. The lowest BCUT2D eigenvalue weighted by atomic mass is 10.1. The van der Waals surface area contributed by atoms with Gasteiger partial charge in [-0.15, -0.1) is 0 Å². The van der Waals surface area contributed by atoms with Crippen LogP contribution in [0.1, 0.15) is 42.1 Å². The lowest BCUT2D eigenvalue weighted by molar-refractivity contribution is -0.137. The Hall–Kier alpha value is -3.56. The molecule has 1 aromatic heterocycles. The Morgan fingerprint density at radius 3 is 2.55 bits per heavy atom. The average Bonchev–Trinajstić information content (AvgIpc) is 3.47. The number of carbonyl (C=O) groups is 1. The second-order valence-corrected chi connectivity index (χ2v) is 7.66. The van der Waals surface area contributed by atoms with E-state index in [4.69, 9.17) is 14.0 Å². The Bertz CT molecular complexity index is 1130. The van der Waals surface area contributed by atoms with Crippen molar-refractivity contribution in [1.82, 2.24) is 15.0 Å². The predicted molar refractivity (Wildman–Crippen MR) is 112 cm³/mol. The zero-order valence-electron chi connectivity index (χ0n) is 18.1. The number of benzene rings is 2. The van der Waals surface area contributed by atoms with E-state index in [2.05, 4.69) is 10.1 Å². The number of rotatable bonds is 7. The van der Waals surface area contributed by atoms with Crippen LogP contribution in [0, 0.1) is 0 Å². The second kappa shape index (κ2) is 9.13. The first-order chi connectivity index (χ1) is 15.8. The van der Waals surface area contributed by atoms with E-state index < -0.39 is 11.7 Å². The number of nitrogens with zero attached hydrogens (tertiary/aromatic N) is 3. The van der Waals surface area contributed by atoms with Gasteiger partial charge >= 0.3 is 6.18 Å². The third-order valence-corrected chi connectivity index (χ3v) is 5.51. The molecule has 3 aromatic rings. The molecule has 0 fully saturated rings. The van der Waals surface area contributed by atoms with Gasteiger partial charge in [-0.05, 0) is 55.8 Å². The van der Waals surface area contributed by atoms with Gasteiger partial charge in [0.05, 0.1) is 5.56 Å². The molecule has 1 aliphatic heterocycles. The summed E-state index contributed by atoms with van der Waals surface area (Å²) in [5.74, 6) is 1.62. The maximum Gasteiger partial charge on any atom is 0.416 e. The van der Waals surface area contributed by atoms with Crippen molar-refractivity contribution in [3.63, 3.8) is 0 Å². The summed E-state index contributed by atoms with van der Waals surface area (Å²) in [7, 11) is 0. The van der Waals surface area contributed by atoms with E-state index in [9.17, 15) is 18.0 Å². The maximum absolute atomic E-state index is 13.0. The van der Waals surface area contributed by atoms with Crippen LogP contribution in [0.3, 0.4) is 0 Å². The zero-order valence-corrected chi connectivity index (χ0v) is 18.1. The number of carbonyl (C=O) groups excluding carboxylic acids is 1. The smallest absolute Gasteiger partial charge is 0.416 e. The van der Waals surface area contributed by atoms with E-state index in [0.717, 1.165) is 12.1 Å². The third kappa shape index (κ3) is 4.94. The molecule has 0 saturated carbocycles. The molecule has 2 heterocycles. The van der Waals surface area contributed by atoms with E-state index in [1.807, 2.05) is 13.8 Å². The van der Waals surface area contributed by atoms with E-state index in [0.29, 0.717) is 41.6 Å². The van der Waals surface area contributed by atoms with Crippen molar-refractivity contribution >= 4 is 5.91 Å². The fourth-order valence-corrected chi connectivity index (χ4v) is 3.44. The normalized spacial score (nSPS) is 13.7. The lowest BCUT2D eigenvalue weighted by Crippen LogP contribution is -2.39. The van der Waals surface area contributed by atoms with Crippen molar-refractivity contribution in [3.8, 4) is 22.9 Å². The molecule has 33 heavy (non-hydrogen) atoms. The Morgan fingerprint density at radius 2 is 1.85 bits per heavy atom. The highest BCUT2D eigenvalue weighted by Crippen LogP contribution is 2.35. The third-order valence-electron chi connectivity index (χ3n) is 5.51. The van der Waals surface area contributed by atoms with Gasteiger partial charge in [0.25, 0.3) is 5.91 Å². The molecular formula is C23H22F3N3O4. The van der Waals surface area contributed by atoms with Crippen LogP contribution in [0.25, 0.3) is 11.4 Å². The zero-order chi connectivity index (χ0) is 23.6. The molecule has 1 amide bonds. The summed E-state index contributed by atoms with van der Waals surface area (Å²) in [4.78, 5) is 19.0. The molecule has 0 bridgehead atoms. The molecule has 1 aliphatic rings. The Morgan fingerprint density at radius 1 is 1.12 bits per heavy atom. The number of amides is 1. The first-order valence-electron chi connectivity index (χ1n) is 10.5. The van der Waals surface area contributed by atoms with Crippen LogP contribution in [0.4, 0.5) is 13.2 Å². The highest BCUT2D eigenvalue weighted by molar-refractivity contribution is 5.94. The Kier molecular flexibility index (Phi) is 6.26. The molecular weight excluding hydrogens is 439 g/mol. The number of alkyl halides is 3. The molecule has 4 rings (SSSR count). The maximum atomic E-state index is 13.0. The first-order valence-corrected chi connectivity index (χ1v) is 10.5. The number of aromatic nitrogens is 2. The van der Waals surface area contributed by atoms with Gasteiger partial charge in [0, 0.05) is 30.1 Å². The van der Waals surface area contributed by atoms with Crippen LogP contribution in [0.2, 0.25) is 0 Å². The van der Waals surface area contributed by atoms with Crippen molar-refractivity contribution in [2.45, 2.75) is 38.9 Å². The molecule has 0 spiro atoms. The predicted octanol–water partition coefficient (Wildman–Crippen LogP) is 4.97. The minimum Gasteiger partial charge on any atom is -0.454 e. The topological polar surface area (TPSA) is 77.7 Å². The minimum atomic E-state index is -4.45. The highest BCUT2D eigenvalue weighted by atomic mass is 19.4. The van der Waals surface area contributed by atoms with E-state index >= 15 is 0 Å². The molecule has 174 valence electrons. The molecule has 0 radical (unpaired) electrons. The molecule has 10 heteroatoms. The summed E-state index contributed by atoms with van der Waals surface area (Å²) in [5, 5.41) is 4.00. The van der Waals surface area contributed by atoms with Gasteiger partial charge in [-0.1, -0.05) is 12.1 Å². The number of hydrogen-bond donors (Lipinski definition) is 0. The molecule has 0 aliphatic carbocycles. The van der Waals surface area contributed by atoms with E-state index in [1.165, 1.54) is 12.1 Å². The monoisotopic (exact) mass is 461 g/mol. The van der Waals surface area contributed by atoms with Crippen LogP contribution < -0.4 is 9.47 Å². The molecule has 0 saturated heterocycles. The van der Waals surface area contributed by atoms with Crippen LogP contribution in [0.5, 0.6) is 11.5 Å². The van der Waals surface area contributed by atoms with Crippen molar-refractivity contribution in [2.24, 2.45) is 0 Å². The van der Waals surface area contributed by atoms with Crippen LogP contribution in [0.15, 0.2) is 47.0 Å². The lowest BCUT2D eigenvalue weighted by Gasteiger charge is -2.28. The summed E-state index contributed by atoms with van der Waals surface area (Å²) in [6, 6.07) is 9.42. The van der Waals surface area contributed by atoms with Gasteiger partial charge in [0.15, 0.2) is 11.5 Å². The van der Waals surface area contributed by atoms with Gasteiger partial charge in [0.1, 0.15) is 0 Å². The van der Waals surface area contributed by atoms with Crippen molar-refractivity contribution in [2.75, 3.05) is 13.3 Å². The summed E-state index contributed by atoms with van der Waals surface area (Å²) in [5.41, 5.74) is 0.0970. The van der Waals surface area contributed by atoms with Gasteiger partial charge in [-0.3, -0.25) is 4.79 Å². The largest absolute Gasteiger partial charge is 0.454 e. The summed E-state index contributed by atoms with van der Waals surface area (Å²) in [6.07, 6.45) is -3.47. The average molecular weight is 461 g/mol. The first kappa shape index (κ1) is 22.6. The summed E-state index contributed by atoms with van der Waals surface area (Å²) >= 11 is 0. The molecule has 1 atom stereocenters.